The topological polar surface area (TPSA) is 63.6 Å². The second kappa shape index (κ2) is 4.59. The molecule has 15 heavy (non-hydrogen) atoms. The molecule has 1 aromatic rings. The van der Waals surface area contributed by atoms with Gasteiger partial charge in [-0.3, -0.25) is 0 Å². The first-order valence-electron chi connectivity index (χ1n) is 5.77. The Morgan fingerprint density at radius 3 is 2.53 bits per heavy atom. The average Bonchev–Trinajstić information content (AvgIpc) is 2.27. The number of rotatable bonds is 3. The van der Waals surface area contributed by atoms with Crippen LogP contribution >= 0.6 is 0 Å². The smallest absolute Gasteiger partial charge is 0.339 e. The van der Waals surface area contributed by atoms with Crippen LogP contribution in [0.5, 0.6) is 0 Å². The first-order valence-corrected chi connectivity index (χ1v) is 4.27. The lowest BCUT2D eigenvalue weighted by Gasteiger charge is -2.09. The predicted octanol–water partition coefficient (Wildman–Crippen LogP) is 1.95. The van der Waals surface area contributed by atoms with E-state index in [-0.39, 0.29) is 11.1 Å². The Morgan fingerprint density at radius 2 is 2.00 bits per heavy atom. The minimum Gasteiger partial charge on any atom is -0.478 e. The third-order valence-corrected chi connectivity index (χ3v) is 1.66. The molecule has 1 N–H and O–H groups in total. The number of carbonyl (C=O) groups excluding carboxylic acids is 1. The van der Waals surface area contributed by atoms with Crippen LogP contribution in [0.15, 0.2) is 24.3 Å². The van der Waals surface area contributed by atoms with Crippen molar-refractivity contribution in [2.45, 2.75) is 19.9 Å². The summed E-state index contributed by atoms with van der Waals surface area (Å²) in [4.78, 5) is 22.6. The van der Waals surface area contributed by atoms with Crippen molar-refractivity contribution in [3.8, 4) is 0 Å². The number of carbonyl (C=O) groups is 2. The third-order valence-electron chi connectivity index (χ3n) is 1.66. The number of ether oxygens (including phenoxy) is 1. The van der Waals surface area contributed by atoms with Crippen LogP contribution in [-0.4, -0.2) is 23.1 Å². The highest BCUT2D eigenvalue weighted by Gasteiger charge is 2.17. The number of benzene rings is 1. The van der Waals surface area contributed by atoms with Crippen molar-refractivity contribution < 1.29 is 23.5 Å². The number of hydrogen-bond acceptors (Lipinski definition) is 3. The molecule has 4 nitrogen and oxygen atoms in total. The molecule has 0 radical (unpaired) electrons. The van der Waals surface area contributed by atoms with E-state index in [1.165, 1.54) is 31.2 Å². The van der Waals surface area contributed by atoms with Crippen LogP contribution in [0.4, 0.5) is 0 Å². The molecule has 0 amide bonds. The van der Waals surface area contributed by atoms with Gasteiger partial charge in [-0.2, -0.15) is 0 Å². The van der Waals surface area contributed by atoms with Crippen molar-refractivity contribution in [2.75, 3.05) is 0 Å². The molecule has 1 atom stereocenters. The summed E-state index contributed by atoms with van der Waals surface area (Å²) >= 11 is 0. The van der Waals surface area contributed by atoms with Gasteiger partial charge in [-0.15, -0.1) is 0 Å². The lowest BCUT2D eigenvalue weighted by atomic mass is 10.1. The molecule has 1 aromatic carbocycles. The van der Waals surface area contributed by atoms with Gasteiger partial charge in [-0.25, -0.2) is 9.59 Å². The molecule has 0 unspecified atom stereocenters. The monoisotopic (exact) mass is 211 g/mol. The van der Waals surface area contributed by atoms with E-state index in [1.54, 1.807) is 0 Å². The summed E-state index contributed by atoms with van der Waals surface area (Å²) in [6.45, 7) is -1.21. The Morgan fingerprint density at radius 1 is 1.40 bits per heavy atom. The molecule has 0 spiro atoms. The van der Waals surface area contributed by atoms with E-state index >= 15 is 0 Å². The number of carboxylic acids is 1. The van der Waals surface area contributed by atoms with E-state index in [4.69, 9.17) is 14.0 Å². The summed E-state index contributed by atoms with van der Waals surface area (Å²) in [5.41, 5.74) is -0.388. The maximum absolute atomic E-state index is 11.7. The molecule has 0 saturated carbocycles. The van der Waals surface area contributed by atoms with Gasteiger partial charge in [0.2, 0.25) is 0 Å². The Balaban J connectivity index is 2.95. The Kier molecular flexibility index (Phi) is 2.28. The number of hydrogen-bond donors (Lipinski definition) is 1. The molecular formula is C11H12O4. The van der Waals surface area contributed by atoms with Gasteiger partial charge >= 0.3 is 11.9 Å². The number of aromatic carboxylic acids is 1. The van der Waals surface area contributed by atoms with Crippen LogP contribution in [-0.2, 0) is 4.74 Å². The fraction of sp³-hybridized carbons (Fsp3) is 0.273. The highest BCUT2D eigenvalue weighted by molar-refractivity contribution is 6.02. The number of carboxylic acid groups (broad SMARTS) is 1. The predicted molar refractivity (Wildman–Crippen MR) is 54.0 cm³/mol. The zero-order valence-electron chi connectivity index (χ0n) is 11.1. The van der Waals surface area contributed by atoms with Crippen LogP contribution < -0.4 is 0 Å². The van der Waals surface area contributed by atoms with E-state index in [0.29, 0.717) is 0 Å². The second-order valence-electron chi connectivity index (χ2n) is 2.90. The second-order valence-corrected chi connectivity index (χ2v) is 2.90. The maximum Gasteiger partial charge on any atom is 0.339 e. The van der Waals surface area contributed by atoms with Crippen LogP contribution in [0.25, 0.3) is 0 Å². The van der Waals surface area contributed by atoms with Gasteiger partial charge in [0, 0.05) is 4.11 Å². The average molecular weight is 211 g/mol. The molecule has 0 saturated heterocycles. The molecule has 1 rings (SSSR count). The lowest BCUT2D eigenvalue weighted by Crippen LogP contribution is -2.15. The number of esters is 1. The standard InChI is InChI=1S/C11H12O4/c1-7(2)15-11(14)9-6-4-3-5-8(9)10(12)13/h3-7H,1-2H3,(H,12,13)/i1D3/t7-/m0/s1. The van der Waals surface area contributed by atoms with Crippen LogP contribution in [0.1, 0.15) is 38.6 Å². The van der Waals surface area contributed by atoms with Gasteiger partial charge < -0.3 is 9.84 Å². The minimum absolute atomic E-state index is 0.166. The molecule has 0 aromatic heterocycles. The van der Waals surface area contributed by atoms with Crippen molar-refractivity contribution in [3.05, 3.63) is 35.4 Å². The Hall–Kier alpha value is -1.84. The van der Waals surface area contributed by atoms with E-state index in [1.807, 2.05) is 0 Å². The van der Waals surface area contributed by atoms with Crippen molar-refractivity contribution in [3.63, 3.8) is 0 Å². The van der Waals surface area contributed by atoms with E-state index in [2.05, 4.69) is 0 Å². The first-order chi connectivity index (χ1) is 8.23. The fourth-order valence-corrected chi connectivity index (χ4v) is 1.07. The summed E-state index contributed by atoms with van der Waals surface area (Å²) in [6.07, 6.45) is -1.30. The van der Waals surface area contributed by atoms with Crippen molar-refractivity contribution in [1.82, 2.24) is 0 Å². The molecule has 0 aliphatic heterocycles. The van der Waals surface area contributed by atoms with Crippen molar-refractivity contribution in [1.29, 1.82) is 0 Å². The summed E-state index contributed by atoms with van der Waals surface area (Å²) in [5, 5.41) is 8.89. The van der Waals surface area contributed by atoms with E-state index in [0.717, 1.165) is 0 Å². The molecule has 0 heterocycles. The van der Waals surface area contributed by atoms with Crippen LogP contribution in [0.2, 0.25) is 0 Å². The summed E-state index contributed by atoms with van der Waals surface area (Å²) in [5.74, 6) is -2.24. The van der Waals surface area contributed by atoms with Gasteiger partial charge in [0.15, 0.2) is 0 Å². The zero-order valence-corrected chi connectivity index (χ0v) is 8.06. The molecule has 0 aliphatic rings. The van der Waals surface area contributed by atoms with Gasteiger partial charge in [-0.1, -0.05) is 12.1 Å². The van der Waals surface area contributed by atoms with Gasteiger partial charge in [0.05, 0.1) is 17.2 Å². The Bertz CT molecular complexity index is 468. The summed E-state index contributed by atoms with van der Waals surface area (Å²) < 4.78 is 25.9. The van der Waals surface area contributed by atoms with E-state index < -0.39 is 24.9 Å². The van der Waals surface area contributed by atoms with Crippen molar-refractivity contribution >= 4 is 11.9 Å². The SMILES string of the molecule is [2H]C([2H])([2H])[C@@H](C)OC(=O)c1ccccc1C(=O)O. The zero-order chi connectivity index (χ0) is 13.9. The largest absolute Gasteiger partial charge is 0.478 e. The third kappa shape index (κ3) is 2.80. The molecule has 0 bridgehead atoms. The Labute approximate surface area is 91.7 Å². The van der Waals surface area contributed by atoms with Gasteiger partial charge in [0.1, 0.15) is 0 Å². The molecular weight excluding hydrogens is 196 g/mol. The maximum atomic E-state index is 11.7. The molecule has 0 aliphatic carbocycles. The van der Waals surface area contributed by atoms with Crippen LogP contribution in [0, 0.1) is 0 Å². The van der Waals surface area contributed by atoms with Gasteiger partial charge in [0.25, 0.3) is 0 Å². The van der Waals surface area contributed by atoms with Crippen LogP contribution in [0.3, 0.4) is 0 Å². The first kappa shape index (κ1) is 7.45. The molecule has 80 valence electrons. The summed E-state index contributed by atoms with van der Waals surface area (Å²) in [6, 6.07) is 5.47. The fourth-order valence-electron chi connectivity index (χ4n) is 1.07. The minimum atomic E-state index is -2.44. The van der Waals surface area contributed by atoms with E-state index in [9.17, 15) is 9.59 Å². The van der Waals surface area contributed by atoms with Gasteiger partial charge in [-0.05, 0) is 25.9 Å². The quantitative estimate of drug-likeness (QED) is 0.776. The molecule has 0 fully saturated rings. The summed E-state index contributed by atoms with van der Waals surface area (Å²) in [7, 11) is 0. The highest BCUT2D eigenvalue weighted by atomic mass is 16.5. The molecule has 4 heteroatoms. The normalized spacial score (nSPS) is 15.7. The van der Waals surface area contributed by atoms with Crippen molar-refractivity contribution in [2.24, 2.45) is 0 Å². The lowest BCUT2D eigenvalue weighted by molar-refractivity contribution is 0.0371. The highest BCUT2D eigenvalue weighted by Crippen LogP contribution is 2.11.